The first-order chi connectivity index (χ1) is 8.37. The molecule has 2 aromatic rings. The summed E-state index contributed by atoms with van der Waals surface area (Å²) in [6.45, 7) is 0. The van der Waals surface area contributed by atoms with E-state index in [0.29, 0.717) is 5.69 Å². The van der Waals surface area contributed by atoms with Gasteiger partial charge in [0.05, 0.1) is 10.2 Å². The minimum Gasteiger partial charge on any atom is -0.405 e. The van der Waals surface area contributed by atoms with Crippen molar-refractivity contribution in [3.8, 4) is 11.4 Å². The van der Waals surface area contributed by atoms with Gasteiger partial charge >= 0.3 is 6.36 Å². The zero-order valence-electron chi connectivity index (χ0n) is 8.40. The molecule has 0 atom stereocenters. The maximum Gasteiger partial charge on any atom is 0.573 e. The van der Waals surface area contributed by atoms with Crippen LogP contribution in [0.1, 0.15) is 0 Å². The molecule has 1 N–H and O–H groups in total. The summed E-state index contributed by atoms with van der Waals surface area (Å²) < 4.78 is 41.6. The molecule has 0 unspecified atom stereocenters. The molecule has 0 saturated heterocycles. The molecule has 10 heteroatoms. The number of benzene rings is 1. The highest BCUT2D eigenvalue weighted by Crippen LogP contribution is 2.31. The highest BCUT2D eigenvalue weighted by atomic mass is 79.9. The molecule has 0 saturated carbocycles. The number of alkyl halides is 3. The van der Waals surface area contributed by atoms with E-state index >= 15 is 0 Å². The van der Waals surface area contributed by atoms with Gasteiger partial charge in [-0.1, -0.05) is 10.3 Å². The molecule has 0 aliphatic rings. The first kappa shape index (κ1) is 13.0. The molecule has 96 valence electrons. The van der Waals surface area contributed by atoms with E-state index in [-0.39, 0.29) is 15.0 Å². The number of hydrogen-bond donors (Lipinski definition) is 1. The first-order valence-corrected chi connectivity index (χ1v) is 5.63. The van der Waals surface area contributed by atoms with Gasteiger partial charge in [0.1, 0.15) is 5.75 Å². The van der Waals surface area contributed by atoms with Crippen LogP contribution in [0.5, 0.6) is 5.75 Å². The summed E-state index contributed by atoms with van der Waals surface area (Å²) in [5, 5.41) is 9.50. The van der Waals surface area contributed by atoms with Crippen LogP contribution in [0, 0.1) is 4.77 Å². The fourth-order valence-electron chi connectivity index (χ4n) is 1.20. The highest BCUT2D eigenvalue weighted by Gasteiger charge is 2.31. The van der Waals surface area contributed by atoms with Crippen molar-refractivity contribution in [3.63, 3.8) is 0 Å². The number of ether oxygens (including phenoxy) is 1. The number of hydrogen-bond acceptors (Lipinski definition) is 4. The molecule has 2 rings (SSSR count). The summed E-state index contributed by atoms with van der Waals surface area (Å²) in [4.78, 5) is 0. The lowest BCUT2D eigenvalue weighted by Gasteiger charge is -2.11. The summed E-state index contributed by atoms with van der Waals surface area (Å²) in [6.07, 6.45) is -4.74. The van der Waals surface area contributed by atoms with Crippen LogP contribution in [-0.4, -0.2) is 26.6 Å². The van der Waals surface area contributed by atoms with Gasteiger partial charge in [-0.3, -0.25) is 0 Å². The Morgan fingerprint density at radius 2 is 2.11 bits per heavy atom. The maximum absolute atomic E-state index is 12.1. The number of aromatic nitrogens is 4. The van der Waals surface area contributed by atoms with Crippen LogP contribution in [0.3, 0.4) is 0 Å². The molecule has 1 aromatic carbocycles. The second-order valence-corrected chi connectivity index (χ2v) is 4.30. The van der Waals surface area contributed by atoms with Crippen molar-refractivity contribution in [2.45, 2.75) is 6.36 Å². The zero-order chi connectivity index (χ0) is 13.3. The fraction of sp³-hybridized carbons (Fsp3) is 0.125. The summed E-state index contributed by atoms with van der Waals surface area (Å²) in [5.74, 6) is -0.342. The molecule has 1 heterocycles. The third kappa shape index (κ3) is 2.88. The van der Waals surface area contributed by atoms with Crippen LogP contribution < -0.4 is 4.74 Å². The minimum absolute atomic E-state index is 0.133. The van der Waals surface area contributed by atoms with E-state index < -0.39 is 6.36 Å². The van der Waals surface area contributed by atoms with Crippen molar-refractivity contribution in [3.05, 3.63) is 27.4 Å². The number of tetrazole rings is 1. The molecule has 18 heavy (non-hydrogen) atoms. The summed E-state index contributed by atoms with van der Waals surface area (Å²) >= 11 is 7.85. The number of H-pyrrole nitrogens is 1. The lowest BCUT2D eigenvalue weighted by Crippen LogP contribution is -2.17. The number of halogens is 4. The minimum atomic E-state index is -4.74. The van der Waals surface area contributed by atoms with E-state index in [0.717, 1.165) is 6.07 Å². The Kier molecular flexibility index (Phi) is 3.39. The van der Waals surface area contributed by atoms with Gasteiger partial charge in [0, 0.05) is 0 Å². The Morgan fingerprint density at radius 3 is 2.61 bits per heavy atom. The second kappa shape index (κ2) is 4.69. The van der Waals surface area contributed by atoms with Crippen molar-refractivity contribution >= 4 is 28.1 Å². The van der Waals surface area contributed by atoms with Crippen LogP contribution in [0.15, 0.2) is 22.7 Å². The summed E-state index contributed by atoms with van der Waals surface area (Å²) in [7, 11) is 0. The number of nitrogens with one attached hydrogen (secondary N) is 1. The van der Waals surface area contributed by atoms with Gasteiger partial charge in [0.15, 0.2) is 0 Å². The van der Waals surface area contributed by atoms with Gasteiger partial charge in [0.2, 0.25) is 4.77 Å². The van der Waals surface area contributed by atoms with Crippen molar-refractivity contribution < 1.29 is 17.9 Å². The summed E-state index contributed by atoms with van der Waals surface area (Å²) in [6, 6.07) is 3.95. The number of rotatable bonds is 2. The molecule has 1 aromatic heterocycles. The van der Waals surface area contributed by atoms with Crippen LogP contribution in [0.25, 0.3) is 5.69 Å². The smallest absolute Gasteiger partial charge is 0.405 e. The highest BCUT2D eigenvalue weighted by molar-refractivity contribution is 9.10. The Balaban J connectivity index is 2.37. The van der Waals surface area contributed by atoms with E-state index in [1.54, 1.807) is 0 Å². The van der Waals surface area contributed by atoms with Crippen LogP contribution in [0.4, 0.5) is 13.2 Å². The Hall–Kier alpha value is -1.42. The zero-order valence-corrected chi connectivity index (χ0v) is 10.8. The Bertz CT molecular complexity index is 623. The SMILES string of the molecule is FC(F)(F)Oc1ccc(-n2[nH]nnc2=S)cc1Br. The largest absolute Gasteiger partial charge is 0.573 e. The third-order valence-corrected chi connectivity index (χ3v) is 2.75. The average Bonchev–Trinajstić information content (AvgIpc) is 2.66. The fourth-order valence-corrected chi connectivity index (χ4v) is 1.84. The molecule has 0 bridgehead atoms. The Morgan fingerprint density at radius 1 is 1.39 bits per heavy atom. The van der Waals surface area contributed by atoms with E-state index in [9.17, 15) is 13.2 Å². The standard InChI is InChI=1S/C8H4BrF3N4OS/c9-5-3-4(16-7(18)13-14-15-16)1-2-6(5)17-8(10,11)12/h1-3H,(H,13,15,18). The van der Waals surface area contributed by atoms with Gasteiger partial charge in [-0.05, 0) is 46.3 Å². The number of aromatic amines is 1. The van der Waals surface area contributed by atoms with Gasteiger partial charge < -0.3 is 4.74 Å². The predicted molar refractivity (Wildman–Crippen MR) is 60.9 cm³/mol. The quantitative estimate of drug-likeness (QED) is 0.854. The molecular weight excluding hydrogens is 337 g/mol. The molecule has 0 radical (unpaired) electrons. The van der Waals surface area contributed by atoms with Gasteiger partial charge in [-0.25, -0.2) is 4.68 Å². The second-order valence-electron chi connectivity index (χ2n) is 3.08. The Labute approximate surface area is 112 Å². The molecule has 0 amide bonds. The van der Waals surface area contributed by atoms with E-state index in [4.69, 9.17) is 12.2 Å². The monoisotopic (exact) mass is 340 g/mol. The van der Waals surface area contributed by atoms with E-state index in [1.807, 2.05) is 0 Å². The van der Waals surface area contributed by atoms with Crippen LogP contribution in [-0.2, 0) is 0 Å². The third-order valence-electron chi connectivity index (χ3n) is 1.87. The van der Waals surface area contributed by atoms with E-state index in [1.165, 1.54) is 16.8 Å². The van der Waals surface area contributed by atoms with Gasteiger partial charge in [0.25, 0.3) is 0 Å². The molecule has 0 spiro atoms. The lowest BCUT2D eigenvalue weighted by molar-refractivity contribution is -0.274. The molecular formula is C8H4BrF3N4OS. The van der Waals surface area contributed by atoms with Gasteiger partial charge in [-0.15, -0.1) is 13.2 Å². The van der Waals surface area contributed by atoms with Crippen molar-refractivity contribution in [2.75, 3.05) is 0 Å². The average molecular weight is 341 g/mol. The molecule has 5 nitrogen and oxygen atoms in total. The van der Waals surface area contributed by atoms with Gasteiger partial charge in [-0.2, -0.15) is 5.21 Å². The van der Waals surface area contributed by atoms with Crippen molar-refractivity contribution in [1.29, 1.82) is 0 Å². The van der Waals surface area contributed by atoms with Crippen LogP contribution in [0.2, 0.25) is 0 Å². The topological polar surface area (TPSA) is 55.7 Å². The predicted octanol–water partition coefficient (Wildman–Crippen LogP) is 2.99. The molecule has 0 aliphatic heterocycles. The molecule has 0 fully saturated rings. The van der Waals surface area contributed by atoms with Crippen LogP contribution >= 0.6 is 28.1 Å². The molecule has 0 aliphatic carbocycles. The van der Waals surface area contributed by atoms with Crippen molar-refractivity contribution in [2.24, 2.45) is 0 Å². The maximum atomic E-state index is 12.1. The first-order valence-electron chi connectivity index (χ1n) is 4.42. The number of nitrogens with zero attached hydrogens (tertiary/aromatic N) is 3. The summed E-state index contributed by atoms with van der Waals surface area (Å²) in [5.41, 5.74) is 0.478. The lowest BCUT2D eigenvalue weighted by atomic mass is 10.3. The van der Waals surface area contributed by atoms with Crippen molar-refractivity contribution in [1.82, 2.24) is 20.2 Å². The van der Waals surface area contributed by atoms with E-state index in [2.05, 4.69) is 36.2 Å². The normalized spacial score (nSPS) is 11.6.